The lowest BCUT2D eigenvalue weighted by Gasteiger charge is -2.43. The van der Waals surface area contributed by atoms with Gasteiger partial charge < -0.3 is 20.2 Å². The molecule has 2 aliphatic heterocycles. The second-order valence-electron chi connectivity index (χ2n) is 10.9. The third kappa shape index (κ3) is 5.30. The molecule has 9 nitrogen and oxygen atoms in total. The molecule has 0 atom stereocenters. The quantitative estimate of drug-likeness (QED) is 0.300. The average molecular weight is 564 g/mol. The van der Waals surface area contributed by atoms with Crippen LogP contribution < -0.4 is 10.2 Å². The zero-order valence-corrected chi connectivity index (χ0v) is 23.3. The number of fused-ring (bicyclic) bond motifs is 1. The molecule has 0 radical (unpaired) electrons. The van der Waals surface area contributed by atoms with Crippen LogP contribution in [0.4, 0.5) is 5.69 Å². The fourth-order valence-corrected chi connectivity index (χ4v) is 6.09. The number of likely N-dealkylation sites (tertiary alicyclic amines) is 1. The normalized spacial score (nSPS) is 16.1. The Morgan fingerprint density at radius 3 is 2.31 bits per heavy atom. The van der Waals surface area contributed by atoms with E-state index < -0.39 is 11.5 Å². The lowest BCUT2D eigenvalue weighted by atomic mass is 9.85. The Kier molecular flexibility index (Phi) is 7.56. The number of nitrogens with zero attached hydrogens (tertiary/aromatic N) is 4. The van der Waals surface area contributed by atoms with Gasteiger partial charge in [-0.1, -0.05) is 48.5 Å². The molecule has 42 heavy (non-hydrogen) atoms. The fourth-order valence-electron chi connectivity index (χ4n) is 6.09. The molecule has 2 aliphatic rings. The van der Waals surface area contributed by atoms with Gasteiger partial charge >= 0.3 is 5.97 Å². The monoisotopic (exact) mass is 563 g/mol. The number of piperidine rings is 1. The second kappa shape index (κ2) is 11.6. The lowest BCUT2D eigenvalue weighted by Crippen LogP contribution is -2.57. The number of carboxylic acid groups (broad SMARTS) is 1. The maximum absolute atomic E-state index is 13.6. The van der Waals surface area contributed by atoms with Crippen molar-refractivity contribution in [2.45, 2.75) is 44.1 Å². The topological polar surface area (TPSA) is 116 Å². The van der Waals surface area contributed by atoms with Crippen LogP contribution in [-0.2, 0) is 16.0 Å². The number of nitrogens with one attached hydrogen (secondary N) is 1. The molecular formula is C33H33N5O4. The van der Waals surface area contributed by atoms with Crippen LogP contribution in [0, 0.1) is 0 Å². The van der Waals surface area contributed by atoms with Crippen LogP contribution in [0.25, 0.3) is 22.3 Å². The van der Waals surface area contributed by atoms with Crippen molar-refractivity contribution in [1.29, 1.82) is 0 Å². The van der Waals surface area contributed by atoms with E-state index in [1.807, 2.05) is 71.6 Å². The third-order valence-corrected chi connectivity index (χ3v) is 8.37. The molecule has 2 saturated heterocycles. The molecule has 4 aromatic rings. The number of carboxylic acids is 1. The van der Waals surface area contributed by atoms with Gasteiger partial charge in [0.1, 0.15) is 5.54 Å². The van der Waals surface area contributed by atoms with Crippen LogP contribution in [0.1, 0.15) is 48.2 Å². The molecular weight excluding hydrogens is 530 g/mol. The van der Waals surface area contributed by atoms with E-state index >= 15 is 0 Å². The molecule has 1 spiro atoms. The van der Waals surface area contributed by atoms with Crippen LogP contribution in [0.15, 0.2) is 78.9 Å². The molecule has 6 rings (SSSR count). The number of hydrogen-bond donors (Lipinski definition) is 2. The number of amides is 2. The van der Waals surface area contributed by atoms with Crippen LogP contribution in [-0.4, -0.2) is 63.1 Å². The number of hydrogen-bond acceptors (Lipinski definition) is 6. The van der Waals surface area contributed by atoms with Gasteiger partial charge in [-0.15, -0.1) is 0 Å². The Labute approximate surface area is 244 Å². The number of rotatable bonds is 8. The number of aliphatic carboxylic acids is 1. The summed E-state index contributed by atoms with van der Waals surface area (Å²) in [5.41, 5.74) is 4.71. The van der Waals surface area contributed by atoms with Crippen molar-refractivity contribution in [1.82, 2.24) is 20.2 Å². The third-order valence-electron chi connectivity index (χ3n) is 8.37. The summed E-state index contributed by atoms with van der Waals surface area (Å²) in [4.78, 5) is 51.4. The Morgan fingerprint density at radius 1 is 0.881 bits per heavy atom. The van der Waals surface area contributed by atoms with Gasteiger partial charge in [-0.25, -0.2) is 9.97 Å². The predicted molar refractivity (Wildman–Crippen MR) is 160 cm³/mol. The Bertz CT molecular complexity index is 1620. The number of aryl methyl sites for hydroxylation is 1. The predicted octanol–water partition coefficient (Wildman–Crippen LogP) is 4.66. The largest absolute Gasteiger partial charge is 0.481 e. The summed E-state index contributed by atoms with van der Waals surface area (Å²) in [6.45, 7) is 1.41. The van der Waals surface area contributed by atoms with Crippen LogP contribution in [0.3, 0.4) is 0 Å². The van der Waals surface area contributed by atoms with E-state index in [1.165, 1.54) is 0 Å². The van der Waals surface area contributed by atoms with Crippen molar-refractivity contribution in [2.75, 3.05) is 24.7 Å². The molecule has 9 heteroatoms. The highest BCUT2D eigenvalue weighted by atomic mass is 16.4. The van der Waals surface area contributed by atoms with Crippen molar-refractivity contribution in [3.8, 4) is 11.3 Å². The van der Waals surface area contributed by atoms with Gasteiger partial charge in [0.2, 0.25) is 5.91 Å². The first-order chi connectivity index (χ1) is 20.4. The minimum Gasteiger partial charge on any atom is -0.481 e. The van der Waals surface area contributed by atoms with Gasteiger partial charge in [0.25, 0.3) is 5.91 Å². The van der Waals surface area contributed by atoms with Crippen molar-refractivity contribution in [3.63, 3.8) is 0 Å². The van der Waals surface area contributed by atoms with Gasteiger partial charge in [-0.05, 0) is 62.4 Å². The van der Waals surface area contributed by atoms with E-state index in [0.717, 1.165) is 22.6 Å². The van der Waals surface area contributed by atoms with Crippen molar-refractivity contribution in [3.05, 3.63) is 90.1 Å². The summed E-state index contributed by atoms with van der Waals surface area (Å²) in [6, 6.07) is 25.2. The molecule has 0 bridgehead atoms. The number of unbranched alkanes of at least 4 members (excludes halogenated alkanes) is 1. The molecule has 214 valence electrons. The standard InChI is InChI=1S/C33H33N5O4/c39-29(40)14-8-7-13-27-30(23-9-3-1-4-10-23)36-26-16-15-24(21-28(26)35-27)31(41)37-19-17-33(18-20-37)32(42)34-22-38(33)25-11-5-2-6-12-25/h1-6,9-12,15-16,21H,7-8,13-14,17-20,22H2,(H,34,42)(H,39,40). The smallest absolute Gasteiger partial charge is 0.303 e. The summed E-state index contributed by atoms with van der Waals surface area (Å²) in [5, 5.41) is 12.0. The summed E-state index contributed by atoms with van der Waals surface area (Å²) in [7, 11) is 0. The van der Waals surface area contributed by atoms with Crippen molar-refractivity contribution in [2.24, 2.45) is 0 Å². The fraction of sp³-hybridized carbons (Fsp3) is 0.303. The Balaban J connectivity index is 1.22. The molecule has 0 saturated carbocycles. The first-order valence-electron chi connectivity index (χ1n) is 14.4. The van der Waals surface area contributed by atoms with Gasteiger partial charge in [0.05, 0.1) is 29.1 Å². The van der Waals surface area contributed by atoms with Gasteiger partial charge in [-0.2, -0.15) is 0 Å². The molecule has 2 N–H and O–H groups in total. The number of anilines is 1. The second-order valence-corrected chi connectivity index (χ2v) is 10.9. The first-order valence-corrected chi connectivity index (χ1v) is 14.4. The van der Waals surface area contributed by atoms with Gasteiger partial charge in [-0.3, -0.25) is 14.4 Å². The van der Waals surface area contributed by atoms with E-state index in [2.05, 4.69) is 10.2 Å². The highest BCUT2D eigenvalue weighted by Gasteiger charge is 2.50. The lowest BCUT2D eigenvalue weighted by molar-refractivity contribution is -0.137. The van der Waals surface area contributed by atoms with Crippen LogP contribution >= 0.6 is 0 Å². The number of carbonyl (C=O) groups is 3. The highest BCUT2D eigenvalue weighted by Crippen LogP contribution is 2.36. The van der Waals surface area contributed by atoms with Crippen LogP contribution in [0.2, 0.25) is 0 Å². The number of benzene rings is 3. The Hall–Kier alpha value is -4.79. The minimum absolute atomic E-state index is 0.0181. The molecule has 1 aromatic heterocycles. The number of para-hydroxylation sites is 1. The molecule has 3 heterocycles. The van der Waals surface area contributed by atoms with Crippen molar-refractivity contribution >= 4 is 34.5 Å². The van der Waals surface area contributed by atoms with Gasteiger partial charge in [0.15, 0.2) is 0 Å². The maximum Gasteiger partial charge on any atom is 0.303 e. The Morgan fingerprint density at radius 2 is 1.60 bits per heavy atom. The molecule has 3 aromatic carbocycles. The molecule has 0 unspecified atom stereocenters. The molecule has 2 fully saturated rings. The first kappa shape index (κ1) is 27.4. The highest BCUT2D eigenvalue weighted by molar-refractivity contribution is 5.98. The van der Waals surface area contributed by atoms with Gasteiger partial charge in [0, 0.05) is 36.3 Å². The van der Waals surface area contributed by atoms with E-state index in [-0.39, 0.29) is 18.2 Å². The van der Waals surface area contributed by atoms with E-state index in [1.54, 1.807) is 12.1 Å². The zero-order chi connectivity index (χ0) is 29.1. The average Bonchev–Trinajstić information content (AvgIpc) is 3.34. The summed E-state index contributed by atoms with van der Waals surface area (Å²) in [6.07, 6.45) is 3.03. The van der Waals surface area contributed by atoms with E-state index in [9.17, 15) is 14.4 Å². The SMILES string of the molecule is O=C(O)CCCCc1nc2cc(C(=O)N3CCC4(CC3)C(=O)NCN4c3ccccc3)ccc2nc1-c1ccccc1. The molecule has 2 amide bonds. The number of carbonyl (C=O) groups excluding carboxylic acids is 2. The van der Waals surface area contributed by atoms with E-state index in [0.29, 0.717) is 68.5 Å². The van der Waals surface area contributed by atoms with E-state index in [4.69, 9.17) is 15.1 Å². The minimum atomic E-state index is -0.809. The maximum atomic E-state index is 13.6. The zero-order valence-electron chi connectivity index (χ0n) is 23.3. The summed E-state index contributed by atoms with van der Waals surface area (Å²) in [5.74, 6) is -0.881. The summed E-state index contributed by atoms with van der Waals surface area (Å²) >= 11 is 0. The van der Waals surface area contributed by atoms with Crippen molar-refractivity contribution < 1.29 is 19.5 Å². The number of aromatic nitrogens is 2. The van der Waals surface area contributed by atoms with Crippen LogP contribution in [0.5, 0.6) is 0 Å². The summed E-state index contributed by atoms with van der Waals surface area (Å²) < 4.78 is 0. The molecule has 0 aliphatic carbocycles.